The Bertz CT molecular complexity index is 538. The summed E-state index contributed by atoms with van der Waals surface area (Å²) < 4.78 is 0. The van der Waals surface area contributed by atoms with Crippen molar-refractivity contribution in [1.29, 1.82) is 0 Å². The second-order valence-corrected chi connectivity index (χ2v) is 5.00. The first-order valence-electron chi connectivity index (χ1n) is 6.03. The van der Waals surface area contributed by atoms with Crippen LogP contribution in [-0.2, 0) is 0 Å². The Balaban J connectivity index is 2.78. The Morgan fingerprint density at radius 2 is 1.76 bits per heavy atom. The van der Waals surface area contributed by atoms with Crippen molar-refractivity contribution < 1.29 is 4.79 Å². The molecule has 0 unspecified atom stereocenters. The fraction of sp³-hybridized carbons (Fsp3) is 0.312. The first-order valence-corrected chi connectivity index (χ1v) is 6.03. The van der Waals surface area contributed by atoms with Crippen LogP contribution >= 0.6 is 0 Å². The number of aryl methyl sites for hydroxylation is 2. The minimum atomic E-state index is 0.505. The number of rotatable bonds is 2. The van der Waals surface area contributed by atoms with Gasteiger partial charge in [0.05, 0.1) is 0 Å². The van der Waals surface area contributed by atoms with Crippen molar-refractivity contribution in [3.05, 3.63) is 46.5 Å². The molecule has 0 heterocycles. The number of aldehydes is 1. The molecule has 2 aliphatic carbocycles. The molecule has 0 amide bonds. The van der Waals surface area contributed by atoms with Gasteiger partial charge in [-0.3, -0.25) is 4.79 Å². The zero-order chi connectivity index (χ0) is 12.6. The van der Waals surface area contributed by atoms with Crippen LogP contribution in [0.5, 0.6) is 0 Å². The third-order valence-corrected chi connectivity index (χ3v) is 3.37. The van der Waals surface area contributed by atoms with Gasteiger partial charge in [0.15, 0.2) is 6.29 Å². The van der Waals surface area contributed by atoms with Crippen molar-refractivity contribution in [3.63, 3.8) is 0 Å². The molecule has 17 heavy (non-hydrogen) atoms. The van der Waals surface area contributed by atoms with Crippen molar-refractivity contribution in [2.24, 2.45) is 0 Å². The molecule has 0 fully saturated rings. The Morgan fingerprint density at radius 1 is 1.06 bits per heavy atom. The fourth-order valence-electron chi connectivity index (χ4n) is 2.39. The second kappa shape index (κ2) is 4.33. The van der Waals surface area contributed by atoms with Crippen LogP contribution in [0.2, 0.25) is 0 Å². The molecule has 1 heteroatoms. The van der Waals surface area contributed by atoms with Crippen LogP contribution in [0.25, 0.3) is 11.1 Å². The molecule has 0 saturated carbocycles. The normalized spacial score (nSPS) is 11.1. The predicted octanol–water partition coefficient (Wildman–Crippen LogP) is 4.34. The van der Waals surface area contributed by atoms with E-state index in [2.05, 4.69) is 45.9 Å². The fourth-order valence-corrected chi connectivity index (χ4v) is 2.39. The lowest BCUT2D eigenvalue weighted by molar-refractivity contribution is 0.112. The summed E-state index contributed by atoms with van der Waals surface area (Å²) in [4.78, 5) is 11.1. The maximum absolute atomic E-state index is 11.1. The zero-order valence-electron chi connectivity index (χ0n) is 10.9. The molecular formula is C16H18O. The molecule has 0 atom stereocenters. The number of carbonyl (C=O) groups is 1. The maximum atomic E-state index is 11.1. The summed E-state index contributed by atoms with van der Waals surface area (Å²) in [6, 6.07) is 8.47. The number of carbonyl (C=O) groups excluding carboxylic acids is 1. The molecule has 0 N–H and O–H groups in total. The Labute approximate surface area is 103 Å². The lowest BCUT2D eigenvalue weighted by atomic mass is 10.0. The van der Waals surface area contributed by atoms with E-state index < -0.39 is 0 Å². The molecular weight excluding hydrogens is 208 g/mol. The highest BCUT2D eigenvalue weighted by Crippen LogP contribution is 2.34. The molecule has 0 spiro atoms. The van der Waals surface area contributed by atoms with Crippen LogP contribution in [0.4, 0.5) is 0 Å². The van der Waals surface area contributed by atoms with Crippen LogP contribution in [-0.4, -0.2) is 6.29 Å². The molecule has 0 saturated heterocycles. The lowest BCUT2D eigenvalue weighted by Gasteiger charge is -2.02. The highest BCUT2D eigenvalue weighted by Gasteiger charge is 2.15. The van der Waals surface area contributed by atoms with Crippen molar-refractivity contribution in [1.82, 2.24) is 0 Å². The highest BCUT2D eigenvalue weighted by atomic mass is 16.1. The van der Waals surface area contributed by atoms with Gasteiger partial charge in [0.2, 0.25) is 0 Å². The summed E-state index contributed by atoms with van der Waals surface area (Å²) >= 11 is 0. The van der Waals surface area contributed by atoms with E-state index in [1.165, 1.54) is 22.3 Å². The van der Waals surface area contributed by atoms with E-state index in [0.717, 1.165) is 17.4 Å². The Hall–Kier alpha value is -1.63. The summed E-state index contributed by atoms with van der Waals surface area (Å²) in [5.74, 6) is 0.505. The zero-order valence-corrected chi connectivity index (χ0v) is 10.9. The third kappa shape index (κ3) is 1.97. The molecule has 0 bridgehead atoms. The van der Waals surface area contributed by atoms with Crippen LogP contribution in [0.1, 0.15) is 46.8 Å². The van der Waals surface area contributed by atoms with Crippen molar-refractivity contribution in [2.45, 2.75) is 33.6 Å². The second-order valence-electron chi connectivity index (χ2n) is 5.00. The van der Waals surface area contributed by atoms with E-state index in [1.54, 1.807) is 0 Å². The summed E-state index contributed by atoms with van der Waals surface area (Å²) in [6.45, 7) is 8.52. The predicted molar refractivity (Wildman–Crippen MR) is 72.0 cm³/mol. The van der Waals surface area contributed by atoms with Crippen molar-refractivity contribution >= 4 is 6.29 Å². The molecule has 0 aromatic carbocycles. The molecule has 0 radical (unpaired) electrons. The van der Waals surface area contributed by atoms with Gasteiger partial charge in [-0.2, -0.15) is 0 Å². The Morgan fingerprint density at radius 3 is 2.35 bits per heavy atom. The smallest absolute Gasteiger partial charge is 0.150 e. The van der Waals surface area contributed by atoms with E-state index in [1.807, 2.05) is 6.07 Å². The van der Waals surface area contributed by atoms with E-state index in [-0.39, 0.29) is 0 Å². The van der Waals surface area contributed by atoms with Gasteiger partial charge in [0.25, 0.3) is 0 Å². The van der Waals surface area contributed by atoms with Gasteiger partial charge >= 0.3 is 0 Å². The van der Waals surface area contributed by atoms with Gasteiger partial charge in [-0.1, -0.05) is 32.0 Å². The summed E-state index contributed by atoms with van der Waals surface area (Å²) in [6.07, 6.45) is 0.956. The average Bonchev–Trinajstić information content (AvgIpc) is 2.48. The van der Waals surface area contributed by atoms with Crippen molar-refractivity contribution in [3.8, 4) is 11.1 Å². The third-order valence-electron chi connectivity index (χ3n) is 3.37. The number of hydrogen-bond acceptors (Lipinski definition) is 1. The first-order chi connectivity index (χ1) is 8.04. The molecule has 0 aliphatic heterocycles. The van der Waals surface area contributed by atoms with E-state index in [9.17, 15) is 4.79 Å². The van der Waals surface area contributed by atoms with Gasteiger partial charge in [0.1, 0.15) is 0 Å². The molecule has 2 aliphatic rings. The van der Waals surface area contributed by atoms with Crippen LogP contribution in [0.3, 0.4) is 0 Å². The van der Waals surface area contributed by atoms with E-state index in [4.69, 9.17) is 0 Å². The minimum absolute atomic E-state index is 0.505. The van der Waals surface area contributed by atoms with Crippen LogP contribution in [0.15, 0.2) is 24.3 Å². The van der Waals surface area contributed by atoms with Crippen molar-refractivity contribution in [2.75, 3.05) is 0 Å². The highest BCUT2D eigenvalue weighted by molar-refractivity contribution is 5.93. The van der Waals surface area contributed by atoms with Crippen LogP contribution < -0.4 is 0 Å². The minimum Gasteiger partial charge on any atom is -0.298 e. The van der Waals surface area contributed by atoms with Gasteiger partial charge in [0, 0.05) is 5.56 Å². The Kier molecular flexibility index (Phi) is 3.01. The summed E-state index contributed by atoms with van der Waals surface area (Å²) in [5.41, 5.74) is 6.77. The van der Waals surface area contributed by atoms with Gasteiger partial charge in [-0.05, 0) is 53.6 Å². The van der Waals surface area contributed by atoms with Gasteiger partial charge < -0.3 is 0 Å². The van der Waals surface area contributed by atoms with Gasteiger partial charge in [-0.15, -0.1) is 0 Å². The van der Waals surface area contributed by atoms with Crippen LogP contribution in [0, 0.1) is 13.8 Å². The summed E-state index contributed by atoms with van der Waals surface area (Å²) in [5, 5.41) is 0. The molecule has 2 rings (SSSR count). The average molecular weight is 226 g/mol. The molecule has 88 valence electrons. The number of hydrogen-bond donors (Lipinski definition) is 0. The largest absolute Gasteiger partial charge is 0.298 e. The summed E-state index contributed by atoms with van der Waals surface area (Å²) in [7, 11) is 0. The number of fused-ring (bicyclic) bond motifs is 1. The maximum Gasteiger partial charge on any atom is 0.150 e. The molecule has 0 aromatic heterocycles. The quantitative estimate of drug-likeness (QED) is 0.696. The molecule has 0 aromatic rings. The van der Waals surface area contributed by atoms with E-state index >= 15 is 0 Å². The molecule has 1 nitrogen and oxygen atoms in total. The van der Waals surface area contributed by atoms with E-state index in [0.29, 0.717) is 5.92 Å². The lowest BCUT2D eigenvalue weighted by Crippen LogP contribution is -1.85. The topological polar surface area (TPSA) is 17.1 Å². The standard InChI is InChI=1S/C16H18O/c1-10(2)13-5-6-15-11(3)7-14(9-17)16(15)12(4)8-13/h5-10H,1-4H3. The SMILES string of the molecule is Cc1cc(C=O)c2c(C)cc(C(C)C)ccc1-2. The monoisotopic (exact) mass is 226 g/mol. The first kappa shape index (κ1) is 11.8. The van der Waals surface area contributed by atoms with Gasteiger partial charge in [-0.25, -0.2) is 0 Å².